The van der Waals surface area contributed by atoms with E-state index >= 15 is 0 Å². The van der Waals surface area contributed by atoms with E-state index in [0.29, 0.717) is 0 Å². The highest BCUT2D eigenvalue weighted by molar-refractivity contribution is 7.81. The number of carbonyl (C=O) groups is 2. The molecular formula is C16H28N2O17S2. The average Bonchev–Trinajstić information content (AvgIpc) is 2.74. The van der Waals surface area contributed by atoms with Gasteiger partial charge in [0.15, 0.2) is 12.6 Å². The Kier molecular flexibility index (Phi) is 10.7. The molecular weight excluding hydrogens is 556 g/mol. The fraction of sp³-hybridized carbons (Fsp3) is 0.875. The van der Waals surface area contributed by atoms with Gasteiger partial charge in [0.05, 0.1) is 13.2 Å². The number of amides is 2. The van der Waals surface area contributed by atoms with E-state index in [4.69, 9.17) is 18.8 Å². The van der Waals surface area contributed by atoms with E-state index in [1.54, 1.807) is 0 Å². The molecule has 1 unspecified atom stereocenters. The Hall–Kier alpha value is -1.60. The van der Waals surface area contributed by atoms with Crippen LogP contribution >= 0.6 is 0 Å². The second kappa shape index (κ2) is 12.5. The SMILES string of the molecule is CC(=O)N[C@H]1[C@H](O[C@H]2[C@H](OS(=O)(=O)O)[C@@H](NC(C)=O)C(O)O[C@@H]2CO)O[C@H](CO)[C@H](O)[C@@H]1OS(=O)(=O)O. The summed E-state index contributed by atoms with van der Waals surface area (Å²) in [6, 6.07) is -3.55. The third-order valence-electron chi connectivity index (χ3n) is 5.20. The van der Waals surface area contributed by atoms with Crippen LogP contribution in [-0.4, -0.2) is 133 Å². The lowest BCUT2D eigenvalue weighted by molar-refractivity contribution is -0.323. The molecule has 2 rings (SSSR count). The van der Waals surface area contributed by atoms with Gasteiger partial charge in [-0.25, -0.2) is 8.37 Å². The monoisotopic (exact) mass is 584 g/mol. The van der Waals surface area contributed by atoms with Crippen LogP contribution in [-0.2, 0) is 53.0 Å². The minimum absolute atomic E-state index is 0.826. The van der Waals surface area contributed by atoms with Crippen molar-refractivity contribution in [2.24, 2.45) is 0 Å². The number of ether oxygens (including phenoxy) is 3. The number of aliphatic hydroxyl groups excluding tert-OH is 4. The first-order valence-corrected chi connectivity index (χ1v) is 13.1. The van der Waals surface area contributed by atoms with E-state index < -0.39 is 107 Å². The van der Waals surface area contributed by atoms with Crippen LogP contribution in [0.15, 0.2) is 0 Å². The molecule has 2 aliphatic heterocycles. The smallest absolute Gasteiger partial charge is 0.394 e. The first-order valence-electron chi connectivity index (χ1n) is 10.4. The van der Waals surface area contributed by atoms with Crippen molar-refractivity contribution in [2.75, 3.05) is 13.2 Å². The van der Waals surface area contributed by atoms with Gasteiger partial charge in [-0.1, -0.05) is 0 Å². The summed E-state index contributed by atoms with van der Waals surface area (Å²) in [6.07, 6.45) is -15.3. The molecule has 0 aromatic heterocycles. The molecule has 0 radical (unpaired) electrons. The molecule has 0 bridgehead atoms. The van der Waals surface area contributed by atoms with Crippen LogP contribution in [0.3, 0.4) is 0 Å². The molecule has 10 atom stereocenters. The summed E-state index contributed by atoms with van der Waals surface area (Å²) in [4.78, 5) is 23.4. The third-order valence-corrected chi connectivity index (χ3v) is 6.13. The van der Waals surface area contributed by atoms with Crippen LogP contribution in [0.2, 0.25) is 0 Å². The molecule has 2 fully saturated rings. The standard InChI is InChI=1S/C16H28N2O17S2/c1-5(21)17-9-14(35-37(28,29)30)12(8(4-20)31-15(9)24)33-16-10(18-6(2)22)13(34-36(25,26)27)11(23)7(3-19)32-16/h7-16,19-20,23-24H,3-4H2,1-2H3,(H,17,21)(H,18,22)(H,25,26,27)(H,28,29,30)/t7-,8-,9-,10-,11+,12-,13-,14-,15?,16+/m1/s1. The molecule has 37 heavy (non-hydrogen) atoms. The molecule has 0 aliphatic carbocycles. The zero-order valence-corrected chi connectivity index (χ0v) is 20.8. The quantitative estimate of drug-likeness (QED) is 0.111. The number of rotatable bonds is 10. The maximum atomic E-state index is 11.8. The van der Waals surface area contributed by atoms with Crippen LogP contribution in [0.5, 0.6) is 0 Å². The molecule has 2 aliphatic rings. The Morgan fingerprint density at radius 1 is 0.784 bits per heavy atom. The molecule has 2 amide bonds. The topological polar surface area (TPSA) is 294 Å². The summed E-state index contributed by atoms with van der Waals surface area (Å²) in [5, 5.41) is 44.2. The number of hydrogen-bond donors (Lipinski definition) is 8. The van der Waals surface area contributed by atoms with Crippen LogP contribution in [0.25, 0.3) is 0 Å². The van der Waals surface area contributed by atoms with E-state index in [-0.39, 0.29) is 0 Å². The highest BCUT2D eigenvalue weighted by Gasteiger charge is 2.54. The van der Waals surface area contributed by atoms with Crippen molar-refractivity contribution in [1.82, 2.24) is 10.6 Å². The maximum Gasteiger partial charge on any atom is 0.397 e. The second-order valence-electron chi connectivity index (χ2n) is 7.99. The molecule has 8 N–H and O–H groups in total. The Labute approximate surface area is 210 Å². The van der Waals surface area contributed by atoms with Crippen molar-refractivity contribution in [3.05, 3.63) is 0 Å². The first kappa shape index (κ1) is 31.6. The van der Waals surface area contributed by atoms with Crippen molar-refractivity contribution < 1.29 is 78.5 Å². The molecule has 0 aromatic rings. The summed E-state index contributed by atoms with van der Waals surface area (Å²) in [5.41, 5.74) is 0. The van der Waals surface area contributed by atoms with Gasteiger partial charge in [0, 0.05) is 13.8 Å². The summed E-state index contributed by atoms with van der Waals surface area (Å²) in [5.74, 6) is -1.69. The predicted molar refractivity (Wildman–Crippen MR) is 113 cm³/mol. The molecule has 0 spiro atoms. The van der Waals surface area contributed by atoms with Gasteiger partial charge in [0.25, 0.3) is 0 Å². The minimum atomic E-state index is -5.32. The zero-order chi connectivity index (χ0) is 28.3. The summed E-state index contributed by atoms with van der Waals surface area (Å²) < 4.78 is 89.5. The van der Waals surface area contributed by atoms with Crippen LogP contribution < -0.4 is 10.6 Å². The van der Waals surface area contributed by atoms with Gasteiger partial charge < -0.3 is 45.3 Å². The van der Waals surface area contributed by atoms with Crippen LogP contribution in [0.4, 0.5) is 0 Å². The number of nitrogens with one attached hydrogen (secondary N) is 2. The molecule has 0 aromatic carbocycles. The Morgan fingerprint density at radius 2 is 1.27 bits per heavy atom. The van der Waals surface area contributed by atoms with Gasteiger partial charge in [-0.05, 0) is 0 Å². The molecule has 216 valence electrons. The molecule has 21 heteroatoms. The summed E-state index contributed by atoms with van der Waals surface area (Å²) >= 11 is 0. The Bertz CT molecular complexity index is 1020. The van der Waals surface area contributed by atoms with Gasteiger partial charge in [0.2, 0.25) is 11.8 Å². The minimum Gasteiger partial charge on any atom is -0.394 e. The molecule has 2 saturated heterocycles. The maximum absolute atomic E-state index is 11.8. The lowest BCUT2D eigenvalue weighted by Crippen LogP contribution is -2.70. The van der Waals surface area contributed by atoms with Gasteiger partial charge in [-0.15, -0.1) is 0 Å². The van der Waals surface area contributed by atoms with Crippen molar-refractivity contribution in [3.63, 3.8) is 0 Å². The van der Waals surface area contributed by atoms with E-state index in [2.05, 4.69) is 19.0 Å². The van der Waals surface area contributed by atoms with Crippen molar-refractivity contribution >= 4 is 32.6 Å². The van der Waals surface area contributed by atoms with Crippen molar-refractivity contribution in [1.29, 1.82) is 0 Å². The Balaban J connectivity index is 2.55. The number of carbonyl (C=O) groups excluding carboxylic acids is 2. The summed E-state index contributed by atoms with van der Waals surface area (Å²) in [6.45, 7) is -0.0389. The number of aliphatic hydroxyl groups is 4. The zero-order valence-electron chi connectivity index (χ0n) is 19.2. The van der Waals surface area contributed by atoms with E-state index in [1.807, 2.05) is 0 Å². The van der Waals surface area contributed by atoms with Crippen LogP contribution in [0, 0.1) is 0 Å². The average molecular weight is 585 g/mol. The van der Waals surface area contributed by atoms with Gasteiger partial charge in [0.1, 0.15) is 48.7 Å². The van der Waals surface area contributed by atoms with Gasteiger partial charge in [-0.2, -0.15) is 16.8 Å². The van der Waals surface area contributed by atoms with E-state index in [1.165, 1.54) is 0 Å². The highest BCUT2D eigenvalue weighted by atomic mass is 32.3. The highest BCUT2D eigenvalue weighted by Crippen LogP contribution is 2.32. The van der Waals surface area contributed by atoms with Crippen molar-refractivity contribution in [2.45, 2.75) is 75.1 Å². The van der Waals surface area contributed by atoms with Crippen molar-refractivity contribution in [3.8, 4) is 0 Å². The van der Waals surface area contributed by atoms with E-state index in [0.717, 1.165) is 13.8 Å². The largest absolute Gasteiger partial charge is 0.397 e. The van der Waals surface area contributed by atoms with Gasteiger partial charge >= 0.3 is 20.8 Å². The predicted octanol–water partition coefficient (Wildman–Crippen LogP) is -5.46. The van der Waals surface area contributed by atoms with Gasteiger partial charge in [-0.3, -0.25) is 18.7 Å². The second-order valence-corrected chi connectivity index (χ2v) is 10.1. The summed E-state index contributed by atoms with van der Waals surface area (Å²) in [7, 11) is -10.6. The van der Waals surface area contributed by atoms with E-state index in [9.17, 15) is 51.4 Å². The molecule has 0 saturated carbocycles. The lowest BCUT2D eigenvalue weighted by atomic mass is 9.94. The number of hydrogen-bond acceptors (Lipinski definition) is 15. The molecule has 2 heterocycles. The fourth-order valence-corrected chi connectivity index (χ4v) is 4.88. The third kappa shape index (κ3) is 8.71. The van der Waals surface area contributed by atoms with Crippen LogP contribution in [0.1, 0.15) is 13.8 Å². The first-order chi connectivity index (χ1) is 17.0. The molecule has 19 nitrogen and oxygen atoms in total. The fourth-order valence-electron chi connectivity index (χ4n) is 3.86. The normalized spacial score (nSPS) is 37.1. The Morgan fingerprint density at radius 3 is 1.73 bits per heavy atom. The lowest BCUT2D eigenvalue weighted by Gasteiger charge is -2.48.